The molecule has 0 radical (unpaired) electrons. The third-order valence-electron chi connectivity index (χ3n) is 6.23. The third-order valence-corrected chi connectivity index (χ3v) is 9.18. The number of hydrogen-bond donors (Lipinski definition) is 0. The number of likely N-dealkylation sites (N-methyl/N-ethyl adjacent to an activating group) is 1. The summed E-state index contributed by atoms with van der Waals surface area (Å²) in [5.41, 5.74) is 2.46. The molecule has 0 bridgehead atoms. The van der Waals surface area contributed by atoms with Gasteiger partial charge in [0.15, 0.2) is 5.13 Å². The molecule has 0 aliphatic heterocycles. The zero-order chi connectivity index (χ0) is 26.3. The van der Waals surface area contributed by atoms with Gasteiger partial charge in [-0.3, -0.25) is 9.69 Å². The highest BCUT2D eigenvalue weighted by atomic mass is 32.2. The number of aryl methyl sites for hydroxylation is 1. The minimum Gasteiger partial charge on any atom is -0.302 e. The molecule has 1 aromatic heterocycles. The second kappa shape index (κ2) is 12.8. The summed E-state index contributed by atoms with van der Waals surface area (Å²) in [6.07, 6.45) is 1.50. The van der Waals surface area contributed by atoms with E-state index in [4.69, 9.17) is 4.98 Å². The lowest BCUT2D eigenvalue weighted by Crippen LogP contribution is -2.39. The van der Waals surface area contributed by atoms with Crippen LogP contribution < -0.4 is 4.90 Å². The molecule has 0 spiro atoms. The number of amides is 1. The van der Waals surface area contributed by atoms with Crippen molar-refractivity contribution in [1.29, 1.82) is 0 Å². The van der Waals surface area contributed by atoms with Crippen LogP contribution in [0.5, 0.6) is 0 Å². The van der Waals surface area contributed by atoms with Crippen LogP contribution >= 0.6 is 11.3 Å². The molecule has 7 nitrogen and oxygen atoms in total. The molecule has 1 heterocycles. The van der Waals surface area contributed by atoms with E-state index in [-0.39, 0.29) is 10.8 Å². The van der Waals surface area contributed by atoms with E-state index in [1.54, 1.807) is 29.2 Å². The zero-order valence-electron chi connectivity index (χ0n) is 22.0. The Bertz CT molecular complexity index is 1250. The Labute approximate surface area is 219 Å². The molecule has 0 aliphatic rings. The fourth-order valence-electron chi connectivity index (χ4n) is 4.13. The van der Waals surface area contributed by atoms with Gasteiger partial charge in [0.1, 0.15) is 0 Å². The van der Waals surface area contributed by atoms with Crippen LogP contribution in [0.3, 0.4) is 0 Å². The monoisotopic (exact) mass is 530 g/mol. The topological polar surface area (TPSA) is 73.8 Å². The van der Waals surface area contributed by atoms with Gasteiger partial charge in [-0.05, 0) is 74.8 Å². The summed E-state index contributed by atoms with van der Waals surface area (Å²) in [6, 6.07) is 12.4. The van der Waals surface area contributed by atoms with Crippen LogP contribution in [0.1, 0.15) is 56.5 Å². The molecular formula is C27H38N4O3S2. The SMILES string of the molecule is CCCN(CCC)S(=O)(=O)c1ccc(C(=O)N(CCN(CC)CC)c2nc3ccc(C)cc3s2)cc1. The minimum absolute atomic E-state index is 0.180. The minimum atomic E-state index is -3.60. The summed E-state index contributed by atoms with van der Waals surface area (Å²) in [5.74, 6) is -0.180. The summed E-state index contributed by atoms with van der Waals surface area (Å²) in [6.45, 7) is 14.2. The van der Waals surface area contributed by atoms with Crippen molar-refractivity contribution in [2.24, 2.45) is 0 Å². The first-order chi connectivity index (χ1) is 17.2. The second-order valence-corrected chi connectivity index (χ2v) is 11.8. The molecule has 9 heteroatoms. The highest BCUT2D eigenvalue weighted by Crippen LogP contribution is 2.30. The maximum atomic E-state index is 13.7. The summed E-state index contributed by atoms with van der Waals surface area (Å²) in [4.78, 5) is 22.7. The summed E-state index contributed by atoms with van der Waals surface area (Å²) < 4.78 is 28.8. The van der Waals surface area contributed by atoms with Crippen LogP contribution in [-0.4, -0.2) is 67.8 Å². The number of carbonyl (C=O) groups is 1. The van der Waals surface area contributed by atoms with Crippen molar-refractivity contribution in [2.45, 2.75) is 52.4 Å². The number of rotatable bonds is 13. The molecule has 2 aromatic carbocycles. The molecule has 0 saturated heterocycles. The highest BCUT2D eigenvalue weighted by molar-refractivity contribution is 7.89. The van der Waals surface area contributed by atoms with Crippen LogP contribution in [0.15, 0.2) is 47.4 Å². The molecule has 36 heavy (non-hydrogen) atoms. The Morgan fingerprint density at radius 2 is 1.53 bits per heavy atom. The molecule has 3 aromatic rings. The maximum absolute atomic E-state index is 13.7. The number of thiazole rings is 1. The van der Waals surface area contributed by atoms with Crippen LogP contribution in [-0.2, 0) is 10.0 Å². The van der Waals surface area contributed by atoms with E-state index < -0.39 is 10.0 Å². The van der Waals surface area contributed by atoms with Crippen molar-refractivity contribution in [2.75, 3.05) is 44.2 Å². The van der Waals surface area contributed by atoms with Gasteiger partial charge in [0, 0.05) is 31.7 Å². The third kappa shape index (κ3) is 6.51. The van der Waals surface area contributed by atoms with Gasteiger partial charge in [-0.15, -0.1) is 0 Å². The van der Waals surface area contributed by atoms with E-state index in [1.165, 1.54) is 15.6 Å². The van der Waals surface area contributed by atoms with E-state index in [0.29, 0.717) is 30.3 Å². The number of hydrogen-bond acceptors (Lipinski definition) is 6. The van der Waals surface area contributed by atoms with E-state index >= 15 is 0 Å². The second-order valence-electron chi connectivity index (χ2n) is 8.88. The molecule has 196 valence electrons. The first kappa shape index (κ1) is 28.2. The van der Waals surface area contributed by atoms with E-state index in [1.807, 2.05) is 32.9 Å². The van der Waals surface area contributed by atoms with Gasteiger partial charge >= 0.3 is 0 Å². The first-order valence-electron chi connectivity index (χ1n) is 12.8. The van der Waals surface area contributed by atoms with Gasteiger partial charge in [-0.25, -0.2) is 13.4 Å². The van der Waals surface area contributed by atoms with Crippen molar-refractivity contribution in [1.82, 2.24) is 14.2 Å². The molecule has 0 N–H and O–H groups in total. The van der Waals surface area contributed by atoms with Gasteiger partial charge < -0.3 is 4.90 Å². The molecule has 3 rings (SSSR count). The zero-order valence-corrected chi connectivity index (χ0v) is 23.7. The molecule has 0 aliphatic carbocycles. The Hall–Kier alpha value is -2.33. The number of fused-ring (bicyclic) bond motifs is 1. The molecule has 1 amide bonds. The fraction of sp³-hybridized carbons (Fsp3) is 0.481. The van der Waals surface area contributed by atoms with Crippen molar-refractivity contribution in [3.05, 3.63) is 53.6 Å². The standard InChI is InChI=1S/C27H38N4O3S2/c1-6-16-30(17-7-2)36(33,34)23-13-11-22(12-14-23)26(32)31(19-18-29(8-3)9-4)27-28-24-15-10-21(5)20-25(24)35-27/h10-15,20H,6-9,16-19H2,1-5H3. The van der Waals surface area contributed by atoms with Crippen molar-refractivity contribution < 1.29 is 13.2 Å². The molecule has 0 atom stereocenters. The van der Waals surface area contributed by atoms with E-state index in [9.17, 15) is 13.2 Å². The number of sulfonamides is 1. The van der Waals surface area contributed by atoms with Gasteiger partial charge in [0.05, 0.1) is 15.1 Å². The molecule has 0 unspecified atom stereocenters. The summed E-state index contributed by atoms with van der Waals surface area (Å²) >= 11 is 1.50. The lowest BCUT2D eigenvalue weighted by molar-refractivity contribution is 0.0983. The predicted molar refractivity (Wildman–Crippen MR) is 150 cm³/mol. The Balaban J connectivity index is 1.92. The largest absolute Gasteiger partial charge is 0.302 e. The number of anilines is 1. The predicted octanol–water partition coefficient (Wildman–Crippen LogP) is 5.40. The van der Waals surface area contributed by atoms with Gasteiger partial charge in [0.25, 0.3) is 5.91 Å². The van der Waals surface area contributed by atoms with Crippen LogP contribution in [0.4, 0.5) is 5.13 Å². The van der Waals surface area contributed by atoms with Crippen LogP contribution in [0.25, 0.3) is 10.2 Å². The van der Waals surface area contributed by atoms with Crippen LogP contribution in [0.2, 0.25) is 0 Å². The fourth-order valence-corrected chi connectivity index (χ4v) is 6.84. The smallest absolute Gasteiger partial charge is 0.260 e. The number of carbonyl (C=O) groups excluding carboxylic acids is 1. The van der Waals surface area contributed by atoms with E-state index in [2.05, 4.69) is 24.8 Å². The van der Waals surface area contributed by atoms with Gasteiger partial charge in [-0.1, -0.05) is 45.1 Å². The molecular weight excluding hydrogens is 492 g/mol. The Kier molecular flexibility index (Phi) is 10.0. The van der Waals surface area contributed by atoms with E-state index in [0.717, 1.165) is 48.3 Å². The molecule has 0 saturated carbocycles. The lowest BCUT2D eigenvalue weighted by Gasteiger charge is -2.25. The van der Waals surface area contributed by atoms with Crippen molar-refractivity contribution >= 4 is 42.6 Å². The normalized spacial score (nSPS) is 12.1. The number of benzene rings is 2. The van der Waals surface area contributed by atoms with Crippen molar-refractivity contribution in [3.8, 4) is 0 Å². The maximum Gasteiger partial charge on any atom is 0.260 e. The van der Waals surface area contributed by atoms with Gasteiger partial charge in [0.2, 0.25) is 10.0 Å². The first-order valence-corrected chi connectivity index (χ1v) is 15.0. The number of nitrogens with zero attached hydrogens (tertiary/aromatic N) is 4. The van der Waals surface area contributed by atoms with Gasteiger partial charge in [-0.2, -0.15) is 4.31 Å². The molecule has 0 fully saturated rings. The summed E-state index contributed by atoms with van der Waals surface area (Å²) in [7, 11) is -3.60. The Morgan fingerprint density at radius 3 is 2.11 bits per heavy atom. The van der Waals surface area contributed by atoms with Crippen LogP contribution in [0, 0.1) is 6.92 Å². The highest BCUT2D eigenvalue weighted by Gasteiger charge is 2.25. The quantitative estimate of drug-likeness (QED) is 0.296. The van der Waals surface area contributed by atoms with Crippen molar-refractivity contribution in [3.63, 3.8) is 0 Å². The average molecular weight is 531 g/mol. The Morgan fingerprint density at radius 1 is 0.889 bits per heavy atom. The number of aromatic nitrogens is 1. The average Bonchev–Trinajstić information content (AvgIpc) is 3.29. The lowest BCUT2D eigenvalue weighted by atomic mass is 10.2. The summed E-state index contributed by atoms with van der Waals surface area (Å²) in [5, 5.41) is 0.654.